The highest BCUT2D eigenvalue weighted by atomic mass is 16.5. The standard InChI is InChI=1S/C18H28N4O3/c19-16-5-7-18(20,8-6-17(24)25)11-13(16)12-22-15-3-1-14(2-4-15)21-9-10-23/h1-5,7,17,21-25H,6,8-12,19-20H2. The van der Waals surface area contributed by atoms with E-state index in [9.17, 15) is 0 Å². The number of rotatable bonds is 9. The molecule has 1 aromatic carbocycles. The molecule has 0 heterocycles. The molecule has 7 heteroatoms. The number of nitrogens with one attached hydrogen (secondary N) is 2. The predicted octanol–water partition coefficient (Wildman–Crippen LogP) is 0.464. The molecule has 0 aliphatic heterocycles. The molecule has 1 aliphatic rings. The lowest BCUT2D eigenvalue weighted by Gasteiger charge is -2.31. The van der Waals surface area contributed by atoms with E-state index in [2.05, 4.69) is 10.6 Å². The van der Waals surface area contributed by atoms with Crippen molar-refractivity contribution in [1.29, 1.82) is 0 Å². The first kappa shape index (κ1) is 19.3. The molecule has 0 aromatic heterocycles. The SMILES string of the molecule is NC1=C(CNc2ccc(NCCO)cc2)CC(N)(CCC(O)O)C=C1. The molecular formula is C18H28N4O3. The number of benzene rings is 1. The van der Waals surface area contributed by atoms with Gasteiger partial charge in [-0.2, -0.15) is 0 Å². The summed E-state index contributed by atoms with van der Waals surface area (Å²) < 4.78 is 0. The summed E-state index contributed by atoms with van der Waals surface area (Å²) in [4.78, 5) is 0. The van der Waals surface area contributed by atoms with Gasteiger partial charge >= 0.3 is 0 Å². The summed E-state index contributed by atoms with van der Waals surface area (Å²) in [5, 5.41) is 33.3. The number of aliphatic hydroxyl groups is 3. The van der Waals surface area contributed by atoms with Gasteiger partial charge in [0.15, 0.2) is 6.29 Å². The summed E-state index contributed by atoms with van der Waals surface area (Å²) in [6.07, 6.45) is 3.57. The Morgan fingerprint density at radius 3 is 2.36 bits per heavy atom. The van der Waals surface area contributed by atoms with Gasteiger partial charge in [0.2, 0.25) is 0 Å². The minimum Gasteiger partial charge on any atom is -0.399 e. The van der Waals surface area contributed by atoms with E-state index in [1.54, 1.807) is 6.08 Å². The first-order valence-electron chi connectivity index (χ1n) is 8.42. The van der Waals surface area contributed by atoms with Gasteiger partial charge < -0.3 is 37.4 Å². The second kappa shape index (κ2) is 8.87. The van der Waals surface area contributed by atoms with Crippen LogP contribution in [0.25, 0.3) is 0 Å². The third kappa shape index (κ3) is 6.06. The first-order valence-corrected chi connectivity index (χ1v) is 8.42. The van der Waals surface area contributed by atoms with E-state index in [1.165, 1.54) is 0 Å². The van der Waals surface area contributed by atoms with Crippen LogP contribution in [-0.4, -0.2) is 46.8 Å². The largest absolute Gasteiger partial charge is 0.399 e. The maximum absolute atomic E-state index is 9.05. The van der Waals surface area contributed by atoms with Crippen LogP contribution in [0.5, 0.6) is 0 Å². The highest BCUT2D eigenvalue weighted by Crippen LogP contribution is 2.28. The molecule has 0 spiro atoms. The molecule has 1 aliphatic carbocycles. The van der Waals surface area contributed by atoms with E-state index in [4.69, 9.17) is 26.8 Å². The molecule has 1 unspecified atom stereocenters. The van der Waals surface area contributed by atoms with Crippen LogP contribution in [0, 0.1) is 0 Å². The fourth-order valence-electron chi connectivity index (χ4n) is 2.78. The van der Waals surface area contributed by atoms with Crippen LogP contribution >= 0.6 is 0 Å². The third-order valence-corrected chi connectivity index (χ3v) is 4.25. The van der Waals surface area contributed by atoms with Crippen molar-refractivity contribution in [3.63, 3.8) is 0 Å². The van der Waals surface area contributed by atoms with Gasteiger partial charge in [-0.3, -0.25) is 0 Å². The van der Waals surface area contributed by atoms with Crippen LogP contribution in [0.3, 0.4) is 0 Å². The summed E-state index contributed by atoms with van der Waals surface area (Å²) in [5.74, 6) is 0. The number of aliphatic hydroxyl groups excluding tert-OH is 2. The Hall–Kier alpha value is -2.06. The van der Waals surface area contributed by atoms with Crippen molar-refractivity contribution in [3.8, 4) is 0 Å². The zero-order valence-electron chi connectivity index (χ0n) is 14.3. The predicted molar refractivity (Wildman–Crippen MR) is 99.9 cm³/mol. The number of allylic oxidation sites excluding steroid dienone is 1. The zero-order chi connectivity index (χ0) is 18.3. The van der Waals surface area contributed by atoms with Crippen LogP contribution in [0.4, 0.5) is 11.4 Å². The van der Waals surface area contributed by atoms with Crippen molar-refractivity contribution >= 4 is 11.4 Å². The fourth-order valence-corrected chi connectivity index (χ4v) is 2.78. The summed E-state index contributed by atoms with van der Waals surface area (Å²) in [6, 6.07) is 7.78. The molecule has 1 aromatic rings. The van der Waals surface area contributed by atoms with Gasteiger partial charge in [-0.1, -0.05) is 6.08 Å². The molecule has 1 atom stereocenters. The Kier molecular flexibility index (Phi) is 6.83. The van der Waals surface area contributed by atoms with Gasteiger partial charge in [0.25, 0.3) is 0 Å². The molecule has 0 saturated heterocycles. The van der Waals surface area contributed by atoms with Gasteiger partial charge in [-0.05, 0) is 55.2 Å². The minimum atomic E-state index is -1.35. The third-order valence-electron chi connectivity index (χ3n) is 4.25. The molecule has 25 heavy (non-hydrogen) atoms. The van der Waals surface area contributed by atoms with E-state index < -0.39 is 11.8 Å². The van der Waals surface area contributed by atoms with Crippen molar-refractivity contribution in [2.24, 2.45) is 11.5 Å². The second-order valence-corrected chi connectivity index (χ2v) is 6.40. The summed E-state index contributed by atoms with van der Waals surface area (Å²) in [6.45, 7) is 1.18. The van der Waals surface area contributed by atoms with Crippen LogP contribution in [0.15, 0.2) is 47.7 Å². The van der Waals surface area contributed by atoms with Gasteiger partial charge in [-0.25, -0.2) is 0 Å². The molecule has 0 bridgehead atoms. The first-order chi connectivity index (χ1) is 11.9. The molecule has 0 amide bonds. The van der Waals surface area contributed by atoms with Gasteiger partial charge in [0.05, 0.1) is 6.61 Å². The van der Waals surface area contributed by atoms with Crippen molar-refractivity contribution in [1.82, 2.24) is 0 Å². The van der Waals surface area contributed by atoms with Crippen LogP contribution in [0.1, 0.15) is 19.3 Å². The molecule has 138 valence electrons. The Morgan fingerprint density at radius 1 is 1.12 bits per heavy atom. The Balaban J connectivity index is 1.91. The summed E-state index contributed by atoms with van der Waals surface area (Å²) in [5.41, 5.74) is 15.4. The monoisotopic (exact) mass is 348 g/mol. The molecule has 2 rings (SSSR count). The van der Waals surface area contributed by atoms with Crippen LogP contribution < -0.4 is 22.1 Å². The Bertz CT molecular complexity index is 613. The Morgan fingerprint density at radius 2 is 1.76 bits per heavy atom. The molecule has 0 saturated carbocycles. The molecule has 9 N–H and O–H groups in total. The van der Waals surface area contributed by atoms with E-state index in [0.29, 0.717) is 31.6 Å². The Labute approximate surface area is 148 Å². The van der Waals surface area contributed by atoms with Gasteiger partial charge in [0, 0.05) is 35.7 Å². The van der Waals surface area contributed by atoms with E-state index in [1.807, 2.05) is 30.3 Å². The lowest BCUT2D eigenvalue weighted by molar-refractivity contribution is -0.0488. The van der Waals surface area contributed by atoms with Gasteiger partial charge in [-0.15, -0.1) is 0 Å². The smallest absolute Gasteiger partial charge is 0.151 e. The summed E-state index contributed by atoms with van der Waals surface area (Å²) >= 11 is 0. The molecular weight excluding hydrogens is 320 g/mol. The number of hydrogen-bond donors (Lipinski definition) is 7. The lowest BCUT2D eigenvalue weighted by Crippen LogP contribution is -2.41. The summed E-state index contributed by atoms with van der Waals surface area (Å²) in [7, 11) is 0. The topological polar surface area (TPSA) is 137 Å². The van der Waals surface area contributed by atoms with Crippen molar-refractivity contribution in [2.45, 2.75) is 31.1 Å². The number of hydrogen-bond acceptors (Lipinski definition) is 7. The highest BCUT2D eigenvalue weighted by molar-refractivity contribution is 5.54. The molecule has 0 radical (unpaired) electrons. The number of anilines is 2. The average molecular weight is 348 g/mol. The fraction of sp³-hybridized carbons (Fsp3) is 0.444. The van der Waals surface area contributed by atoms with E-state index >= 15 is 0 Å². The van der Waals surface area contributed by atoms with Gasteiger partial charge in [0.1, 0.15) is 0 Å². The quantitative estimate of drug-likeness (QED) is 0.322. The second-order valence-electron chi connectivity index (χ2n) is 6.40. The highest BCUT2D eigenvalue weighted by Gasteiger charge is 2.27. The van der Waals surface area contributed by atoms with E-state index in [-0.39, 0.29) is 13.0 Å². The minimum absolute atomic E-state index is 0.0924. The molecule has 7 nitrogen and oxygen atoms in total. The van der Waals surface area contributed by atoms with Crippen molar-refractivity contribution in [3.05, 3.63) is 47.7 Å². The molecule has 0 fully saturated rings. The van der Waals surface area contributed by atoms with Crippen molar-refractivity contribution in [2.75, 3.05) is 30.3 Å². The van der Waals surface area contributed by atoms with E-state index in [0.717, 1.165) is 16.9 Å². The van der Waals surface area contributed by atoms with Crippen molar-refractivity contribution < 1.29 is 15.3 Å². The normalized spacial score (nSPS) is 20.2. The zero-order valence-corrected chi connectivity index (χ0v) is 14.3. The van der Waals surface area contributed by atoms with Crippen LogP contribution in [0.2, 0.25) is 0 Å². The van der Waals surface area contributed by atoms with Crippen LogP contribution in [-0.2, 0) is 0 Å². The maximum Gasteiger partial charge on any atom is 0.151 e. The number of nitrogens with two attached hydrogens (primary N) is 2. The lowest BCUT2D eigenvalue weighted by atomic mass is 9.82. The maximum atomic E-state index is 9.05. The average Bonchev–Trinajstić information content (AvgIpc) is 2.60.